The molecule has 1 N–H and O–H groups in total. The maximum absolute atomic E-state index is 4.36. The lowest BCUT2D eigenvalue weighted by Gasteiger charge is -2.32. The van der Waals surface area contributed by atoms with Crippen LogP contribution in [0.3, 0.4) is 0 Å². The average molecular weight is 264 g/mol. The van der Waals surface area contributed by atoms with E-state index in [-0.39, 0.29) is 0 Å². The lowest BCUT2D eigenvalue weighted by molar-refractivity contribution is 0.180. The van der Waals surface area contributed by atoms with E-state index in [4.69, 9.17) is 0 Å². The predicted molar refractivity (Wildman–Crippen MR) is 79.1 cm³/mol. The lowest BCUT2D eigenvalue weighted by Crippen LogP contribution is -2.36. The van der Waals surface area contributed by atoms with Crippen molar-refractivity contribution in [1.82, 2.24) is 20.0 Å². The van der Waals surface area contributed by atoms with Crippen molar-refractivity contribution in [2.45, 2.75) is 38.6 Å². The van der Waals surface area contributed by atoms with Gasteiger partial charge in [0.1, 0.15) is 0 Å². The Morgan fingerprint density at radius 2 is 2.21 bits per heavy atom. The quantitative estimate of drug-likeness (QED) is 0.828. The number of aromatic nitrogens is 2. The molecule has 4 nitrogen and oxygen atoms in total. The van der Waals surface area contributed by atoms with Gasteiger partial charge >= 0.3 is 0 Å². The van der Waals surface area contributed by atoms with Crippen LogP contribution in [0.25, 0.3) is 0 Å². The summed E-state index contributed by atoms with van der Waals surface area (Å²) in [5.41, 5.74) is 1.35. The highest BCUT2D eigenvalue weighted by atomic mass is 15.3. The first-order valence-electron chi connectivity index (χ1n) is 7.63. The maximum Gasteiger partial charge on any atom is 0.0555 e. The minimum atomic E-state index is 0.499. The Morgan fingerprint density at radius 1 is 1.37 bits per heavy atom. The van der Waals surface area contributed by atoms with Crippen LogP contribution in [0.15, 0.2) is 12.3 Å². The van der Waals surface area contributed by atoms with E-state index < -0.39 is 0 Å². The summed E-state index contributed by atoms with van der Waals surface area (Å²) in [6, 6.07) is 2.68. The highest BCUT2D eigenvalue weighted by Gasteiger charge is 2.30. The zero-order valence-electron chi connectivity index (χ0n) is 12.6. The van der Waals surface area contributed by atoms with Crippen molar-refractivity contribution in [3.63, 3.8) is 0 Å². The molecule has 1 fully saturated rings. The van der Waals surface area contributed by atoms with Gasteiger partial charge in [0.2, 0.25) is 0 Å². The van der Waals surface area contributed by atoms with Gasteiger partial charge in [-0.05, 0) is 57.9 Å². The van der Waals surface area contributed by atoms with Crippen molar-refractivity contribution < 1.29 is 0 Å². The molecule has 0 radical (unpaired) electrons. The molecule has 0 amide bonds. The Kier molecular flexibility index (Phi) is 5.40. The fraction of sp³-hybridized carbons (Fsp3) is 0.800. The molecule has 2 heterocycles. The first-order valence-corrected chi connectivity index (χ1v) is 7.63. The van der Waals surface area contributed by atoms with Crippen LogP contribution in [0.1, 0.15) is 44.3 Å². The summed E-state index contributed by atoms with van der Waals surface area (Å²) in [5.74, 6) is 0.689. The number of rotatable bonds is 5. The molecule has 2 atom stereocenters. The number of nitrogens with zero attached hydrogens (tertiary/aromatic N) is 3. The molecule has 108 valence electrons. The van der Waals surface area contributed by atoms with Crippen LogP contribution in [0, 0.1) is 5.92 Å². The standard InChI is InChI=1S/C15H28N4/c1-4-9-16-12-13-7-5-6-11-18(2)15(13)14-8-10-17-19(14)3/h8,10,13,15-16H,4-7,9,11-12H2,1-3H3. The van der Waals surface area contributed by atoms with Crippen LogP contribution in [-0.2, 0) is 7.05 Å². The number of likely N-dealkylation sites (tertiary alicyclic amines) is 1. The first kappa shape index (κ1) is 14.5. The molecule has 0 saturated carbocycles. The van der Waals surface area contributed by atoms with Gasteiger partial charge in [0.05, 0.1) is 11.7 Å². The van der Waals surface area contributed by atoms with Gasteiger partial charge in [-0.2, -0.15) is 5.10 Å². The highest BCUT2D eigenvalue weighted by molar-refractivity contribution is 5.09. The normalized spacial score (nSPS) is 25.4. The van der Waals surface area contributed by atoms with Gasteiger partial charge in [0.15, 0.2) is 0 Å². The summed E-state index contributed by atoms with van der Waals surface area (Å²) >= 11 is 0. The second kappa shape index (κ2) is 7.06. The minimum absolute atomic E-state index is 0.499. The Morgan fingerprint density at radius 3 is 2.89 bits per heavy atom. The van der Waals surface area contributed by atoms with Crippen LogP contribution in [0.2, 0.25) is 0 Å². The van der Waals surface area contributed by atoms with E-state index in [0.29, 0.717) is 12.0 Å². The Balaban J connectivity index is 2.13. The van der Waals surface area contributed by atoms with Gasteiger partial charge in [0, 0.05) is 13.2 Å². The minimum Gasteiger partial charge on any atom is -0.316 e. The van der Waals surface area contributed by atoms with Crippen LogP contribution in [0.4, 0.5) is 0 Å². The molecule has 1 aliphatic rings. The number of hydrogen-bond donors (Lipinski definition) is 1. The summed E-state index contributed by atoms with van der Waals surface area (Å²) in [7, 11) is 4.32. The third-order valence-corrected chi connectivity index (χ3v) is 4.25. The molecule has 0 aliphatic carbocycles. The fourth-order valence-electron chi connectivity index (χ4n) is 3.24. The second-order valence-electron chi connectivity index (χ2n) is 5.77. The van der Waals surface area contributed by atoms with Gasteiger partial charge in [0.25, 0.3) is 0 Å². The van der Waals surface area contributed by atoms with E-state index in [1.807, 2.05) is 10.9 Å². The van der Waals surface area contributed by atoms with Crippen molar-refractivity contribution in [3.05, 3.63) is 18.0 Å². The number of hydrogen-bond acceptors (Lipinski definition) is 3. The van der Waals surface area contributed by atoms with Crippen molar-refractivity contribution in [2.75, 3.05) is 26.7 Å². The molecule has 1 aromatic heterocycles. The summed E-state index contributed by atoms with van der Waals surface area (Å²) in [5, 5.41) is 7.97. The summed E-state index contributed by atoms with van der Waals surface area (Å²) < 4.78 is 2.04. The average Bonchev–Trinajstić information content (AvgIpc) is 2.72. The van der Waals surface area contributed by atoms with Crippen LogP contribution in [0.5, 0.6) is 0 Å². The van der Waals surface area contributed by atoms with E-state index in [2.05, 4.69) is 42.4 Å². The zero-order chi connectivity index (χ0) is 13.7. The molecule has 2 rings (SSSR count). The Bertz CT molecular complexity index is 374. The SMILES string of the molecule is CCCNCC1CCCCN(C)C1c1ccnn1C. The van der Waals surface area contributed by atoms with Gasteiger partial charge < -0.3 is 5.32 Å². The molecule has 2 unspecified atom stereocenters. The zero-order valence-corrected chi connectivity index (χ0v) is 12.6. The smallest absolute Gasteiger partial charge is 0.0555 e. The van der Waals surface area contributed by atoms with E-state index in [1.54, 1.807) is 0 Å². The van der Waals surface area contributed by atoms with Crippen LogP contribution >= 0.6 is 0 Å². The number of aryl methyl sites for hydroxylation is 1. The monoisotopic (exact) mass is 264 g/mol. The molecule has 1 aromatic rings. The predicted octanol–water partition coefficient (Wildman–Crippen LogP) is 2.19. The van der Waals surface area contributed by atoms with Gasteiger partial charge in [-0.3, -0.25) is 9.58 Å². The molecule has 19 heavy (non-hydrogen) atoms. The molecule has 0 spiro atoms. The first-order chi connectivity index (χ1) is 9.24. The van der Waals surface area contributed by atoms with Crippen LogP contribution < -0.4 is 5.32 Å². The number of nitrogens with one attached hydrogen (secondary N) is 1. The van der Waals surface area contributed by atoms with Gasteiger partial charge in [-0.25, -0.2) is 0 Å². The topological polar surface area (TPSA) is 33.1 Å². The summed E-state index contributed by atoms with van der Waals surface area (Å²) in [6.45, 7) is 5.66. The molecular weight excluding hydrogens is 236 g/mol. The lowest BCUT2D eigenvalue weighted by atomic mass is 9.92. The van der Waals surface area contributed by atoms with Crippen LogP contribution in [-0.4, -0.2) is 41.4 Å². The summed E-state index contributed by atoms with van der Waals surface area (Å²) in [4.78, 5) is 2.52. The molecule has 0 aromatic carbocycles. The molecule has 0 bridgehead atoms. The molecule has 4 heteroatoms. The van der Waals surface area contributed by atoms with Crippen molar-refractivity contribution in [3.8, 4) is 0 Å². The van der Waals surface area contributed by atoms with Gasteiger partial charge in [-0.15, -0.1) is 0 Å². The molecule has 1 saturated heterocycles. The fourth-order valence-corrected chi connectivity index (χ4v) is 3.24. The largest absolute Gasteiger partial charge is 0.316 e. The molecule has 1 aliphatic heterocycles. The van der Waals surface area contributed by atoms with E-state index >= 15 is 0 Å². The maximum atomic E-state index is 4.36. The van der Waals surface area contributed by atoms with E-state index in [1.165, 1.54) is 37.9 Å². The van der Waals surface area contributed by atoms with Crippen molar-refractivity contribution in [2.24, 2.45) is 13.0 Å². The van der Waals surface area contributed by atoms with E-state index in [9.17, 15) is 0 Å². The Hall–Kier alpha value is -0.870. The third-order valence-electron chi connectivity index (χ3n) is 4.25. The van der Waals surface area contributed by atoms with Crippen molar-refractivity contribution in [1.29, 1.82) is 0 Å². The van der Waals surface area contributed by atoms with Gasteiger partial charge in [-0.1, -0.05) is 13.3 Å². The molecular formula is C15H28N4. The van der Waals surface area contributed by atoms with Crippen molar-refractivity contribution >= 4 is 0 Å². The second-order valence-corrected chi connectivity index (χ2v) is 5.77. The highest BCUT2D eigenvalue weighted by Crippen LogP contribution is 2.33. The Labute approximate surface area is 117 Å². The summed E-state index contributed by atoms with van der Waals surface area (Å²) in [6.07, 6.45) is 7.10. The third kappa shape index (κ3) is 3.57. The van der Waals surface area contributed by atoms with E-state index in [0.717, 1.165) is 13.1 Å².